The van der Waals surface area contributed by atoms with Crippen LogP contribution in [0.15, 0.2) is 18.3 Å². The highest BCUT2D eigenvalue weighted by Gasteiger charge is 2.15. The molecular formula is C15H20N2O3. The average Bonchev–Trinajstić information content (AvgIpc) is 2.36. The zero-order valence-electron chi connectivity index (χ0n) is 12.3. The number of methoxy groups -OCH3 is 1. The van der Waals surface area contributed by atoms with Gasteiger partial charge in [0.1, 0.15) is 5.60 Å². The second-order valence-electron chi connectivity index (χ2n) is 5.04. The first-order valence-corrected chi connectivity index (χ1v) is 6.37. The molecule has 5 nitrogen and oxygen atoms in total. The van der Waals surface area contributed by atoms with Crippen molar-refractivity contribution >= 4 is 6.09 Å². The van der Waals surface area contributed by atoms with Gasteiger partial charge in [0.25, 0.3) is 0 Å². The number of nitrogens with one attached hydrogen (secondary N) is 1. The number of nitrogens with zero attached hydrogens (tertiary/aromatic N) is 1. The van der Waals surface area contributed by atoms with Gasteiger partial charge < -0.3 is 14.8 Å². The summed E-state index contributed by atoms with van der Waals surface area (Å²) >= 11 is 0. The van der Waals surface area contributed by atoms with Gasteiger partial charge in [0, 0.05) is 19.2 Å². The number of carbonyl (C=O) groups excluding carboxylic acids is 1. The van der Waals surface area contributed by atoms with Crippen molar-refractivity contribution in [1.29, 1.82) is 0 Å². The van der Waals surface area contributed by atoms with Crippen LogP contribution in [0.25, 0.3) is 0 Å². The molecular weight excluding hydrogens is 256 g/mol. The second kappa shape index (κ2) is 7.39. The molecule has 20 heavy (non-hydrogen) atoms. The fraction of sp³-hybridized carbons (Fsp3) is 0.467. The normalized spacial score (nSPS) is 10.2. The van der Waals surface area contributed by atoms with Crippen LogP contribution in [0.3, 0.4) is 0 Å². The van der Waals surface area contributed by atoms with E-state index in [1.54, 1.807) is 19.4 Å². The first-order valence-electron chi connectivity index (χ1n) is 6.37. The molecule has 0 saturated carbocycles. The number of hydrogen-bond acceptors (Lipinski definition) is 4. The van der Waals surface area contributed by atoms with Gasteiger partial charge in [0.2, 0.25) is 5.88 Å². The maximum absolute atomic E-state index is 11.4. The monoisotopic (exact) mass is 276 g/mol. The molecule has 1 rings (SSSR count). The van der Waals surface area contributed by atoms with Crippen LogP contribution in [0.5, 0.6) is 5.88 Å². The first kappa shape index (κ1) is 15.8. The van der Waals surface area contributed by atoms with E-state index in [1.807, 2.05) is 26.8 Å². The third kappa shape index (κ3) is 6.10. The predicted octanol–water partition coefficient (Wildman–Crippen LogP) is 2.36. The fourth-order valence-corrected chi connectivity index (χ4v) is 1.35. The van der Waals surface area contributed by atoms with Crippen LogP contribution in [-0.4, -0.2) is 30.3 Å². The minimum Gasteiger partial charge on any atom is -0.480 e. The Morgan fingerprint density at radius 2 is 2.20 bits per heavy atom. The molecule has 0 bridgehead atoms. The van der Waals surface area contributed by atoms with Crippen LogP contribution in [0.4, 0.5) is 4.79 Å². The molecule has 0 spiro atoms. The zero-order chi connectivity index (χ0) is 15.0. The van der Waals surface area contributed by atoms with Crippen molar-refractivity contribution in [2.24, 2.45) is 0 Å². The molecule has 0 aliphatic carbocycles. The molecule has 0 saturated heterocycles. The molecule has 0 aliphatic heterocycles. The van der Waals surface area contributed by atoms with E-state index in [4.69, 9.17) is 9.47 Å². The third-order valence-corrected chi connectivity index (χ3v) is 2.11. The van der Waals surface area contributed by atoms with Crippen molar-refractivity contribution in [3.05, 3.63) is 23.9 Å². The SMILES string of the molecule is COc1ncccc1C#CCCNC(=O)OC(C)(C)C. The van der Waals surface area contributed by atoms with Crippen LogP contribution < -0.4 is 10.1 Å². The molecule has 1 aromatic rings. The summed E-state index contributed by atoms with van der Waals surface area (Å²) in [6, 6.07) is 3.63. The van der Waals surface area contributed by atoms with Crippen LogP contribution >= 0.6 is 0 Å². The second-order valence-corrected chi connectivity index (χ2v) is 5.04. The topological polar surface area (TPSA) is 60.5 Å². The number of rotatable bonds is 3. The number of alkyl carbamates (subject to hydrolysis) is 1. The molecule has 0 fully saturated rings. The van der Waals surface area contributed by atoms with Crippen molar-refractivity contribution in [2.45, 2.75) is 32.8 Å². The molecule has 0 unspecified atom stereocenters. The lowest BCUT2D eigenvalue weighted by atomic mass is 10.2. The van der Waals surface area contributed by atoms with Crippen LogP contribution in [-0.2, 0) is 4.74 Å². The Hall–Kier alpha value is -2.22. The molecule has 5 heteroatoms. The molecule has 0 aliphatic rings. The molecule has 0 atom stereocenters. The Morgan fingerprint density at radius 3 is 2.85 bits per heavy atom. The van der Waals surface area contributed by atoms with Gasteiger partial charge >= 0.3 is 6.09 Å². The Bertz CT molecular complexity index is 510. The van der Waals surface area contributed by atoms with E-state index in [2.05, 4.69) is 22.1 Å². The summed E-state index contributed by atoms with van der Waals surface area (Å²) in [4.78, 5) is 15.4. The first-order chi connectivity index (χ1) is 9.42. The summed E-state index contributed by atoms with van der Waals surface area (Å²) in [5.74, 6) is 6.41. The Labute approximate surface area is 119 Å². The summed E-state index contributed by atoms with van der Waals surface area (Å²) in [6.45, 7) is 5.90. The summed E-state index contributed by atoms with van der Waals surface area (Å²) < 4.78 is 10.2. The van der Waals surface area contributed by atoms with E-state index >= 15 is 0 Å². The standard InChI is InChI=1S/C15H20N2O3/c1-15(2,3)20-14(18)17-10-6-5-8-12-9-7-11-16-13(12)19-4/h7,9,11H,6,10H2,1-4H3,(H,17,18). The van der Waals surface area contributed by atoms with E-state index in [0.717, 1.165) is 5.56 Å². The van der Waals surface area contributed by atoms with Crippen LogP contribution in [0.1, 0.15) is 32.8 Å². The van der Waals surface area contributed by atoms with Crippen molar-refractivity contribution in [2.75, 3.05) is 13.7 Å². The minimum absolute atomic E-state index is 0.432. The Morgan fingerprint density at radius 1 is 1.45 bits per heavy atom. The van der Waals surface area contributed by atoms with Gasteiger partial charge in [0.05, 0.1) is 12.7 Å². The van der Waals surface area contributed by atoms with Gasteiger partial charge in [-0.25, -0.2) is 9.78 Å². The van der Waals surface area contributed by atoms with E-state index in [-0.39, 0.29) is 0 Å². The number of pyridine rings is 1. The van der Waals surface area contributed by atoms with Gasteiger partial charge in [-0.05, 0) is 32.9 Å². The summed E-state index contributed by atoms with van der Waals surface area (Å²) in [7, 11) is 1.55. The van der Waals surface area contributed by atoms with E-state index < -0.39 is 11.7 Å². The van der Waals surface area contributed by atoms with Gasteiger partial charge in [-0.15, -0.1) is 0 Å². The van der Waals surface area contributed by atoms with Gasteiger partial charge in [-0.3, -0.25) is 0 Å². The van der Waals surface area contributed by atoms with Crippen molar-refractivity contribution in [3.63, 3.8) is 0 Å². The van der Waals surface area contributed by atoms with E-state index in [0.29, 0.717) is 18.8 Å². The number of hydrogen-bond donors (Lipinski definition) is 1. The predicted molar refractivity (Wildman–Crippen MR) is 76.5 cm³/mol. The Balaban J connectivity index is 2.39. The van der Waals surface area contributed by atoms with Crippen LogP contribution in [0, 0.1) is 11.8 Å². The quantitative estimate of drug-likeness (QED) is 0.680. The lowest BCUT2D eigenvalue weighted by Gasteiger charge is -2.19. The summed E-state index contributed by atoms with van der Waals surface area (Å²) in [5.41, 5.74) is 0.242. The lowest BCUT2D eigenvalue weighted by Crippen LogP contribution is -2.32. The fourth-order valence-electron chi connectivity index (χ4n) is 1.35. The van der Waals surface area contributed by atoms with Crippen molar-refractivity contribution in [3.8, 4) is 17.7 Å². The van der Waals surface area contributed by atoms with Crippen molar-refractivity contribution < 1.29 is 14.3 Å². The molecule has 0 radical (unpaired) electrons. The van der Waals surface area contributed by atoms with E-state index in [9.17, 15) is 4.79 Å². The largest absolute Gasteiger partial charge is 0.480 e. The average molecular weight is 276 g/mol. The number of aromatic nitrogens is 1. The highest BCUT2D eigenvalue weighted by atomic mass is 16.6. The number of carbonyl (C=O) groups is 1. The third-order valence-electron chi connectivity index (χ3n) is 2.11. The smallest absolute Gasteiger partial charge is 0.407 e. The van der Waals surface area contributed by atoms with Gasteiger partial charge in [-0.2, -0.15) is 0 Å². The van der Waals surface area contributed by atoms with Crippen LogP contribution in [0.2, 0.25) is 0 Å². The Kier molecular flexibility index (Phi) is 5.85. The van der Waals surface area contributed by atoms with Gasteiger partial charge in [0.15, 0.2) is 0 Å². The number of amides is 1. The maximum Gasteiger partial charge on any atom is 0.407 e. The van der Waals surface area contributed by atoms with Crippen molar-refractivity contribution in [1.82, 2.24) is 10.3 Å². The maximum atomic E-state index is 11.4. The molecule has 1 aromatic heterocycles. The number of ether oxygens (including phenoxy) is 2. The molecule has 1 amide bonds. The van der Waals surface area contributed by atoms with E-state index in [1.165, 1.54) is 0 Å². The highest BCUT2D eigenvalue weighted by molar-refractivity contribution is 5.67. The molecule has 1 heterocycles. The zero-order valence-corrected chi connectivity index (χ0v) is 12.3. The molecule has 0 aromatic carbocycles. The summed E-state index contributed by atoms with van der Waals surface area (Å²) in [6.07, 6.45) is 1.74. The summed E-state index contributed by atoms with van der Waals surface area (Å²) in [5, 5.41) is 2.64. The lowest BCUT2D eigenvalue weighted by molar-refractivity contribution is 0.0529. The highest BCUT2D eigenvalue weighted by Crippen LogP contribution is 2.11. The molecule has 108 valence electrons. The van der Waals surface area contributed by atoms with Gasteiger partial charge in [-0.1, -0.05) is 11.8 Å². The minimum atomic E-state index is -0.487. The molecule has 1 N–H and O–H groups in total.